The van der Waals surface area contributed by atoms with Gasteiger partial charge in [0.15, 0.2) is 0 Å². The van der Waals surface area contributed by atoms with Gasteiger partial charge in [-0.3, -0.25) is 0 Å². The molecule has 1 amide bonds. The van der Waals surface area contributed by atoms with Crippen molar-refractivity contribution in [2.45, 2.75) is 18.7 Å². The number of nitrogens with one attached hydrogen (secondary N) is 1. The Balaban J connectivity index is 0.00000256. The summed E-state index contributed by atoms with van der Waals surface area (Å²) in [5, 5.41) is 0. The Kier molecular flexibility index (Phi) is 7.53. The molecule has 1 N–H and O–H groups in total. The van der Waals surface area contributed by atoms with Crippen molar-refractivity contribution >= 4 is 16.1 Å². The van der Waals surface area contributed by atoms with E-state index in [4.69, 9.17) is 0 Å². The molecular weight excluding hydrogens is 269 g/mol. The van der Waals surface area contributed by atoms with Crippen LogP contribution in [0.25, 0.3) is 0 Å². The Hall–Kier alpha value is 0.0764. The molecule has 88 valence electrons. The third kappa shape index (κ3) is 5.50. The zero-order chi connectivity index (χ0) is 12.2. The van der Waals surface area contributed by atoms with Crippen LogP contribution in [-0.2, 0) is 14.8 Å². The first kappa shape index (κ1) is 17.1. The number of benzene rings is 1. The van der Waals surface area contributed by atoms with Gasteiger partial charge in [-0.25, -0.2) is 17.9 Å². The van der Waals surface area contributed by atoms with Crippen molar-refractivity contribution in [2.75, 3.05) is 6.61 Å². The summed E-state index contributed by atoms with van der Waals surface area (Å²) < 4.78 is 29.5. The third-order valence-electron chi connectivity index (χ3n) is 1.82. The molecule has 0 aliphatic rings. The molecule has 0 radical (unpaired) electrons. The van der Waals surface area contributed by atoms with Gasteiger partial charge >= 0.3 is 57.5 Å². The van der Waals surface area contributed by atoms with Gasteiger partial charge in [0.1, 0.15) is 0 Å². The number of carbonyl (C=O) groups is 1. The van der Waals surface area contributed by atoms with Crippen LogP contribution in [0.15, 0.2) is 29.2 Å². The molecule has 0 saturated carbocycles. The normalized spacial score (nSPS) is 10.2. The summed E-state index contributed by atoms with van der Waals surface area (Å²) in [7, 11) is -3.82. The number of rotatable bonds is 3. The molecule has 5 nitrogen and oxygen atoms in total. The maximum atomic E-state index is 11.6. The molecule has 1 rings (SSSR count). The Labute approximate surface area is 143 Å². The van der Waals surface area contributed by atoms with Crippen LogP contribution in [0.5, 0.6) is 0 Å². The van der Waals surface area contributed by atoms with Crippen LogP contribution in [0.3, 0.4) is 0 Å². The number of hydrogen-bond donors (Lipinski definition) is 1. The van der Waals surface area contributed by atoms with Crippen LogP contribution >= 0.6 is 0 Å². The zero-order valence-corrected chi connectivity index (χ0v) is 14.0. The standard InChI is InChI=1S/C10H13NO4S.K/c1-3-15-10(12)11-16(13,14)9-6-4-8(2)5-7-9;/h4-7H,3H2,1-2H3,(H,11,12);/q;+1. The predicted molar refractivity (Wildman–Crippen MR) is 58.5 cm³/mol. The van der Waals surface area contributed by atoms with Crippen LogP contribution in [0, 0.1) is 6.92 Å². The van der Waals surface area contributed by atoms with E-state index in [9.17, 15) is 13.2 Å². The molecule has 0 fully saturated rings. The maximum absolute atomic E-state index is 11.6. The number of hydrogen-bond acceptors (Lipinski definition) is 4. The quantitative estimate of drug-likeness (QED) is 0.680. The molecule has 0 unspecified atom stereocenters. The van der Waals surface area contributed by atoms with Gasteiger partial charge in [0.2, 0.25) is 0 Å². The van der Waals surface area contributed by atoms with E-state index in [2.05, 4.69) is 4.74 Å². The number of carbonyl (C=O) groups excluding carboxylic acids is 1. The Morgan fingerprint density at radius 3 is 2.29 bits per heavy atom. The van der Waals surface area contributed by atoms with Gasteiger partial charge in [-0.2, -0.15) is 0 Å². The van der Waals surface area contributed by atoms with Gasteiger partial charge in [-0.1, -0.05) is 17.7 Å². The molecule has 1 aromatic rings. The fourth-order valence-corrected chi connectivity index (χ4v) is 1.94. The average molecular weight is 282 g/mol. The second-order valence-corrected chi connectivity index (χ2v) is 4.82. The summed E-state index contributed by atoms with van der Waals surface area (Å²) in [5.41, 5.74) is 0.940. The summed E-state index contributed by atoms with van der Waals surface area (Å²) in [5.74, 6) is 0. The van der Waals surface area contributed by atoms with Crippen LogP contribution < -0.4 is 56.1 Å². The van der Waals surface area contributed by atoms with E-state index in [0.29, 0.717) is 0 Å². The molecule has 0 saturated heterocycles. The molecule has 0 atom stereocenters. The van der Waals surface area contributed by atoms with Crippen molar-refractivity contribution in [1.29, 1.82) is 0 Å². The van der Waals surface area contributed by atoms with Crippen LogP contribution in [0.4, 0.5) is 4.79 Å². The first-order chi connectivity index (χ1) is 7.45. The SMILES string of the molecule is CCOC(=O)NS(=O)(=O)c1ccc(C)cc1.[K+]. The Morgan fingerprint density at radius 1 is 1.29 bits per heavy atom. The zero-order valence-electron chi connectivity index (χ0n) is 10.1. The minimum absolute atomic E-state index is 0. The van der Waals surface area contributed by atoms with Crippen molar-refractivity contribution in [1.82, 2.24) is 4.72 Å². The fourth-order valence-electron chi connectivity index (χ4n) is 1.05. The smallest absolute Gasteiger partial charge is 0.449 e. The van der Waals surface area contributed by atoms with E-state index in [1.54, 1.807) is 23.8 Å². The van der Waals surface area contributed by atoms with E-state index in [1.807, 2.05) is 6.92 Å². The monoisotopic (exact) mass is 282 g/mol. The Morgan fingerprint density at radius 2 is 1.82 bits per heavy atom. The second-order valence-electron chi connectivity index (χ2n) is 3.14. The minimum atomic E-state index is -3.82. The molecule has 0 heterocycles. The van der Waals surface area contributed by atoms with Gasteiger partial charge in [-0.15, -0.1) is 0 Å². The molecular formula is C10H13KNO4S+. The van der Waals surface area contributed by atoms with Gasteiger partial charge in [0.25, 0.3) is 10.0 Å². The first-order valence-electron chi connectivity index (χ1n) is 4.72. The van der Waals surface area contributed by atoms with E-state index in [1.165, 1.54) is 12.1 Å². The number of ether oxygens (including phenoxy) is 1. The summed E-state index contributed by atoms with van der Waals surface area (Å²) in [6, 6.07) is 6.16. The molecule has 0 aliphatic carbocycles. The summed E-state index contributed by atoms with van der Waals surface area (Å²) in [6.45, 7) is 3.56. The third-order valence-corrected chi connectivity index (χ3v) is 3.15. The number of amides is 1. The van der Waals surface area contributed by atoms with Gasteiger partial charge < -0.3 is 4.74 Å². The van der Waals surface area contributed by atoms with Crippen molar-refractivity contribution in [3.05, 3.63) is 29.8 Å². The molecule has 0 aromatic heterocycles. The van der Waals surface area contributed by atoms with E-state index in [0.717, 1.165) is 5.56 Å². The number of sulfonamides is 1. The minimum Gasteiger partial charge on any atom is -0.449 e. The van der Waals surface area contributed by atoms with Crippen molar-refractivity contribution in [3.8, 4) is 0 Å². The van der Waals surface area contributed by atoms with Crippen molar-refractivity contribution in [3.63, 3.8) is 0 Å². The second kappa shape index (κ2) is 7.50. The van der Waals surface area contributed by atoms with Crippen LogP contribution in [-0.4, -0.2) is 21.1 Å². The van der Waals surface area contributed by atoms with Crippen LogP contribution in [0.2, 0.25) is 0 Å². The van der Waals surface area contributed by atoms with Gasteiger partial charge in [-0.05, 0) is 26.0 Å². The maximum Gasteiger partial charge on any atom is 1.00 e. The molecule has 0 spiro atoms. The molecule has 0 bridgehead atoms. The van der Waals surface area contributed by atoms with Gasteiger partial charge in [0.05, 0.1) is 11.5 Å². The van der Waals surface area contributed by atoms with Crippen molar-refractivity contribution in [2.24, 2.45) is 0 Å². The average Bonchev–Trinajstić information content (AvgIpc) is 2.17. The molecule has 0 aliphatic heterocycles. The van der Waals surface area contributed by atoms with Gasteiger partial charge in [0, 0.05) is 0 Å². The summed E-state index contributed by atoms with van der Waals surface area (Å²) >= 11 is 0. The predicted octanol–water partition coefficient (Wildman–Crippen LogP) is -1.57. The first-order valence-corrected chi connectivity index (χ1v) is 6.20. The fraction of sp³-hybridized carbons (Fsp3) is 0.300. The molecule has 7 heteroatoms. The van der Waals surface area contributed by atoms with Crippen molar-refractivity contribution < 1.29 is 69.3 Å². The summed E-state index contributed by atoms with van der Waals surface area (Å²) in [6.07, 6.45) is -0.969. The van der Waals surface area contributed by atoms with E-state index in [-0.39, 0.29) is 62.9 Å². The van der Waals surface area contributed by atoms with E-state index < -0.39 is 16.1 Å². The molecule has 17 heavy (non-hydrogen) atoms. The van der Waals surface area contributed by atoms with E-state index >= 15 is 0 Å². The summed E-state index contributed by atoms with van der Waals surface area (Å²) in [4.78, 5) is 11.0. The topological polar surface area (TPSA) is 72.5 Å². The van der Waals surface area contributed by atoms with Crippen LogP contribution in [0.1, 0.15) is 12.5 Å². The largest absolute Gasteiger partial charge is 1.00 e. The molecule has 1 aromatic carbocycles. The number of aryl methyl sites for hydroxylation is 1. The Bertz CT molecular complexity index is 470.